The summed E-state index contributed by atoms with van der Waals surface area (Å²) >= 11 is 0. The first-order valence-corrected chi connectivity index (χ1v) is 13.0. The van der Waals surface area contributed by atoms with Gasteiger partial charge in [-0.1, -0.05) is 6.07 Å². The number of hydrogen-bond donors (Lipinski definition) is 1. The quantitative estimate of drug-likeness (QED) is 0.594. The number of rotatable bonds is 5. The van der Waals surface area contributed by atoms with Crippen LogP contribution in [0.1, 0.15) is 34.3 Å². The van der Waals surface area contributed by atoms with Crippen molar-refractivity contribution >= 4 is 25.6 Å². The maximum absolute atomic E-state index is 12.9. The molecule has 3 rings (SSSR count). The molecule has 0 aliphatic heterocycles. The molecule has 1 amide bonds. The van der Waals surface area contributed by atoms with Gasteiger partial charge in [-0.3, -0.25) is 4.79 Å². The number of sulfone groups is 2. The van der Waals surface area contributed by atoms with Gasteiger partial charge in [0.1, 0.15) is 0 Å². The van der Waals surface area contributed by atoms with Crippen LogP contribution in [-0.4, -0.2) is 40.3 Å². The monoisotopic (exact) mass is 529 g/mol. The van der Waals surface area contributed by atoms with E-state index in [-0.39, 0.29) is 12.8 Å². The van der Waals surface area contributed by atoms with Gasteiger partial charge in [-0.05, 0) is 49.2 Å². The SMILES string of the molecule is CS(=O)(=O)c1cc(C(F)(F)F)ccc1C(=O)N[C@H]1C[C@H](S(=O)(=O)c2cccc(C(F)(F)F)c2)C1. The minimum atomic E-state index is -4.84. The van der Waals surface area contributed by atoms with Gasteiger partial charge < -0.3 is 5.32 Å². The number of amides is 1. The van der Waals surface area contributed by atoms with Crippen LogP contribution < -0.4 is 5.32 Å². The van der Waals surface area contributed by atoms with Crippen molar-refractivity contribution in [1.82, 2.24) is 5.32 Å². The lowest BCUT2D eigenvalue weighted by molar-refractivity contribution is -0.138. The molecule has 1 aliphatic rings. The van der Waals surface area contributed by atoms with Crippen LogP contribution in [0.15, 0.2) is 52.3 Å². The van der Waals surface area contributed by atoms with Gasteiger partial charge in [0.05, 0.1) is 31.7 Å². The number of hydrogen-bond acceptors (Lipinski definition) is 5. The van der Waals surface area contributed by atoms with Crippen molar-refractivity contribution in [3.05, 3.63) is 59.2 Å². The predicted molar refractivity (Wildman–Crippen MR) is 107 cm³/mol. The Kier molecular flexibility index (Phi) is 6.54. The highest BCUT2D eigenvalue weighted by atomic mass is 32.2. The molecule has 186 valence electrons. The van der Waals surface area contributed by atoms with Crippen molar-refractivity contribution in [2.45, 2.75) is 46.3 Å². The minimum Gasteiger partial charge on any atom is -0.349 e. The third-order valence-corrected chi connectivity index (χ3v) is 8.62. The van der Waals surface area contributed by atoms with E-state index in [1.807, 2.05) is 0 Å². The van der Waals surface area contributed by atoms with Gasteiger partial charge in [0.15, 0.2) is 19.7 Å². The van der Waals surface area contributed by atoms with Gasteiger partial charge in [-0.15, -0.1) is 0 Å². The Labute approximate surface area is 190 Å². The van der Waals surface area contributed by atoms with Gasteiger partial charge in [0, 0.05) is 12.3 Å². The summed E-state index contributed by atoms with van der Waals surface area (Å²) in [5.41, 5.74) is -2.94. The molecule has 1 saturated carbocycles. The summed E-state index contributed by atoms with van der Waals surface area (Å²) in [6.45, 7) is 0. The topological polar surface area (TPSA) is 97.4 Å². The molecule has 0 spiro atoms. The number of halogens is 6. The molecule has 2 aromatic rings. The third-order valence-electron chi connectivity index (χ3n) is 5.31. The summed E-state index contributed by atoms with van der Waals surface area (Å²) in [6, 6.07) is 4.06. The summed E-state index contributed by atoms with van der Waals surface area (Å²) < 4.78 is 127. The Bertz CT molecular complexity index is 1330. The first kappa shape index (κ1) is 26.0. The van der Waals surface area contributed by atoms with E-state index in [0.29, 0.717) is 30.5 Å². The van der Waals surface area contributed by atoms with Gasteiger partial charge in [-0.25, -0.2) is 16.8 Å². The summed E-state index contributed by atoms with van der Waals surface area (Å²) in [4.78, 5) is 11.2. The Morgan fingerprint density at radius 3 is 1.97 bits per heavy atom. The highest BCUT2D eigenvalue weighted by Crippen LogP contribution is 2.36. The zero-order valence-corrected chi connectivity index (χ0v) is 18.9. The number of alkyl halides is 6. The molecule has 34 heavy (non-hydrogen) atoms. The Hall–Kier alpha value is -2.61. The maximum Gasteiger partial charge on any atom is 0.416 e. The Morgan fingerprint density at radius 2 is 1.44 bits per heavy atom. The molecule has 0 heterocycles. The zero-order valence-electron chi connectivity index (χ0n) is 17.2. The lowest BCUT2D eigenvalue weighted by atomic mass is 9.92. The van der Waals surface area contributed by atoms with Crippen LogP contribution in [0.4, 0.5) is 26.3 Å². The normalized spacial score (nSPS) is 19.4. The molecule has 0 saturated heterocycles. The highest BCUT2D eigenvalue weighted by Gasteiger charge is 2.42. The largest absolute Gasteiger partial charge is 0.416 e. The fourth-order valence-electron chi connectivity index (χ4n) is 3.43. The average Bonchev–Trinajstić information content (AvgIpc) is 2.67. The molecule has 1 fully saturated rings. The Balaban J connectivity index is 1.75. The molecule has 1 N–H and O–H groups in total. The minimum absolute atomic E-state index is 0.167. The van der Waals surface area contributed by atoms with Gasteiger partial charge in [-0.2, -0.15) is 26.3 Å². The lowest BCUT2D eigenvalue weighted by Crippen LogP contribution is -2.49. The van der Waals surface area contributed by atoms with E-state index in [1.54, 1.807) is 0 Å². The van der Waals surface area contributed by atoms with E-state index in [0.717, 1.165) is 18.2 Å². The molecule has 0 atom stereocenters. The second-order valence-corrected chi connectivity index (χ2v) is 12.0. The molecule has 0 aromatic heterocycles. The van der Waals surface area contributed by atoms with Crippen molar-refractivity contribution in [2.75, 3.05) is 6.26 Å². The van der Waals surface area contributed by atoms with Gasteiger partial charge >= 0.3 is 12.4 Å². The predicted octanol–water partition coefficient (Wildman–Crippen LogP) is 3.86. The molecule has 0 radical (unpaired) electrons. The fraction of sp³-hybridized carbons (Fsp3) is 0.350. The average molecular weight is 529 g/mol. The molecule has 0 unspecified atom stereocenters. The van der Waals surface area contributed by atoms with Crippen molar-refractivity contribution in [3.8, 4) is 0 Å². The van der Waals surface area contributed by atoms with Crippen LogP contribution in [-0.2, 0) is 32.0 Å². The number of carbonyl (C=O) groups excluding carboxylic acids is 1. The second kappa shape index (κ2) is 8.56. The maximum atomic E-state index is 12.9. The van der Waals surface area contributed by atoms with Crippen molar-refractivity contribution < 1.29 is 48.0 Å². The lowest BCUT2D eigenvalue weighted by Gasteiger charge is -2.35. The molecular formula is C20H17F6NO5S2. The van der Waals surface area contributed by atoms with E-state index in [2.05, 4.69) is 5.32 Å². The molecule has 14 heteroatoms. The number of nitrogens with one attached hydrogen (secondary N) is 1. The van der Waals surface area contributed by atoms with Gasteiger partial charge in [0.2, 0.25) is 0 Å². The van der Waals surface area contributed by atoms with Crippen molar-refractivity contribution in [1.29, 1.82) is 0 Å². The fourth-order valence-corrected chi connectivity index (χ4v) is 6.25. The highest BCUT2D eigenvalue weighted by molar-refractivity contribution is 7.92. The zero-order chi connectivity index (χ0) is 25.7. The van der Waals surface area contributed by atoms with Crippen molar-refractivity contribution in [3.63, 3.8) is 0 Å². The van der Waals surface area contributed by atoms with Gasteiger partial charge in [0.25, 0.3) is 5.91 Å². The molecule has 6 nitrogen and oxygen atoms in total. The van der Waals surface area contributed by atoms with Crippen molar-refractivity contribution in [2.24, 2.45) is 0 Å². The standard InChI is InChI=1S/C20H17F6NO5S2/c1-33(29,30)17-8-12(20(24,25)26)5-6-16(17)18(28)27-13-9-15(10-13)34(31,32)14-4-2-3-11(7-14)19(21,22)23/h2-8,13,15H,9-10H2,1H3,(H,27,28)/t13-,15-. The molecular weight excluding hydrogens is 512 g/mol. The second-order valence-electron chi connectivity index (χ2n) is 7.82. The smallest absolute Gasteiger partial charge is 0.349 e. The van der Waals surface area contributed by atoms with Crippen LogP contribution in [0.2, 0.25) is 0 Å². The molecule has 2 aromatic carbocycles. The van der Waals surface area contributed by atoms with Crippen LogP contribution in [0, 0.1) is 0 Å². The van der Waals surface area contributed by atoms with E-state index >= 15 is 0 Å². The number of carbonyl (C=O) groups is 1. The van der Waals surface area contributed by atoms with E-state index < -0.39 is 75.7 Å². The molecule has 0 bridgehead atoms. The van der Waals surface area contributed by atoms with Crippen LogP contribution >= 0.6 is 0 Å². The summed E-state index contributed by atoms with van der Waals surface area (Å²) in [6.07, 6.45) is -9.27. The first-order chi connectivity index (χ1) is 15.4. The van der Waals surface area contributed by atoms with Crippen LogP contribution in [0.25, 0.3) is 0 Å². The molecule has 1 aliphatic carbocycles. The van der Waals surface area contributed by atoms with Crippen LogP contribution in [0.5, 0.6) is 0 Å². The number of benzene rings is 2. The summed E-state index contributed by atoms with van der Waals surface area (Å²) in [5, 5.41) is 1.27. The summed E-state index contributed by atoms with van der Waals surface area (Å²) in [5.74, 6) is -1.02. The first-order valence-electron chi connectivity index (χ1n) is 9.54. The van der Waals surface area contributed by atoms with E-state index in [1.165, 1.54) is 0 Å². The summed E-state index contributed by atoms with van der Waals surface area (Å²) in [7, 11) is -8.36. The van der Waals surface area contributed by atoms with E-state index in [4.69, 9.17) is 0 Å². The third kappa shape index (κ3) is 5.37. The van der Waals surface area contributed by atoms with E-state index in [9.17, 15) is 48.0 Å². The van der Waals surface area contributed by atoms with Crippen LogP contribution in [0.3, 0.4) is 0 Å². The Morgan fingerprint density at radius 1 is 0.882 bits per heavy atom.